The molecule has 0 aliphatic carbocycles. The number of ether oxygens (including phenoxy) is 1. The molecule has 1 amide bonds. The molecule has 1 aromatic heterocycles. The number of hydrogen-bond donors (Lipinski definition) is 1. The van der Waals surface area contributed by atoms with Crippen molar-refractivity contribution in [3.8, 4) is 5.75 Å². The van der Waals surface area contributed by atoms with Crippen LogP contribution in [0.1, 0.15) is 25.3 Å². The summed E-state index contributed by atoms with van der Waals surface area (Å²) < 4.78 is 70.2. The van der Waals surface area contributed by atoms with Crippen molar-refractivity contribution in [1.29, 1.82) is 0 Å². The number of pyridine rings is 1. The van der Waals surface area contributed by atoms with Crippen molar-refractivity contribution in [1.82, 2.24) is 10.3 Å². The minimum atomic E-state index is -4.52. The number of hydrogen-bond acceptors (Lipinski definition) is 4. The van der Waals surface area contributed by atoms with Gasteiger partial charge < -0.3 is 15.0 Å². The van der Waals surface area contributed by atoms with Gasteiger partial charge in [-0.15, -0.1) is 0 Å². The fraction of sp³-hybridized carbons (Fsp3) is 0.429. The van der Waals surface area contributed by atoms with Crippen LogP contribution in [0.5, 0.6) is 5.75 Å². The van der Waals surface area contributed by atoms with Crippen LogP contribution in [0, 0.1) is 17.6 Å². The molecule has 1 N–H and O–H groups in total. The number of aromatic nitrogens is 1. The summed E-state index contributed by atoms with van der Waals surface area (Å²) in [5.41, 5.74) is -0.919. The molecule has 1 aliphatic rings. The largest absolute Gasteiger partial charge is 0.488 e. The first-order valence-electron chi connectivity index (χ1n) is 9.90. The number of nitrogens with zero attached hydrogens (tertiary/aromatic N) is 2. The summed E-state index contributed by atoms with van der Waals surface area (Å²) in [7, 11) is 0. The van der Waals surface area contributed by atoms with Gasteiger partial charge in [0.2, 0.25) is 5.91 Å². The predicted octanol–water partition coefficient (Wildman–Crippen LogP) is 4.83. The monoisotopic (exact) mass is 477 g/mol. The van der Waals surface area contributed by atoms with Gasteiger partial charge >= 0.3 is 6.18 Å². The predicted molar refractivity (Wildman–Crippen MR) is 109 cm³/mol. The molecule has 0 spiro atoms. The first-order chi connectivity index (χ1) is 15.0. The highest BCUT2D eigenvalue weighted by Gasteiger charge is 2.33. The maximum absolute atomic E-state index is 13.6. The van der Waals surface area contributed by atoms with Gasteiger partial charge in [-0.3, -0.25) is 4.79 Å². The molecule has 2 aromatic rings. The van der Waals surface area contributed by atoms with Gasteiger partial charge in [-0.25, -0.2) is 13.8 Å². The Morgan fingerprint density at radius 1 is 1.28 bits per heavy atom. The zero-order chi connectivity index (χ0) is 23.5. The lowest BCUT2D eigenvalue weighted by Crippen LogP contribution is -2.45. The summed E-state index contributed by atoms with van der Waals surface area (Å²) in [5.74, 6) is -1.90. The maximum Gasteiger partial charge on any atom is 0.417 e. The Labute approximate surface area is 186 Å². The number of benzene rings is 1. The highest BCUT2D eigenvalue weighted by atomic mass is 35.5. The van der Waals surface area contributed by atoms with E-state index in [0.29, 0.717) is 32.0 Å². The van der Waals surface area contributed by atoms with Crippen molar-refractivity contribution in [2.45, 2.75) is 32.0 Å². The second kappa shape index (κ2) is 9.89. The third-order valence-electron chi connectivity index (χ3n) is 5.09. The van der Waals surface area contributed by atoms with Crippen molar-refractivity contribution in [2.24, 2.45) is 5.92 Å². The molecular formula is C21H21ClF5N3O2. The van der Waals surface area contributed by atoms with E-state index in [1.165, 1.54) is 6.07 Å². The third-order valence-corrected chi connectivity index (χ3v) is 5.36. The average molecular weight is 478 g/mol. The number of amides is 1. The standard InChI is InChI=1S/C21H21ClF5N3O2/c1-12(11-32-18-3-2-15(23)9-17(18)24)29-20(31)13-4-6-30(7-5-13)19-16(22)8-14(10-28-19)21(25,26)27/h2-3,8-10,12-13H,4-7,11H2,1H3,(H,29,31). The first kappa shape index (κ1) is 24.0. The lowest BCUT2D eigenvalue weighted by atomic mass is 9.95. The van der Waals surface area contributed by atoms with Crippen LogP contribution in [0.15, 0.2) is 30.5 Å². The minimum Gasteiger partial charge on any atom is -0.488 e. The smallest absolute Gasteiger partial charge is 0.417 e. The van der Waals surface area contributed by atoms with Crippen LogP contribution in [0.4, 0.5) is 27.8 Å². The van der Waals surface area contributed by atoms with E-state index in [1.54, 1.807) is 11.8 Å². The molecule has 32 heavy (non-hydrogen) atoms. The Morgan fingerprint density at radius 2 is 1.97 bits per heavy atom. The number of piperidine rings is 1. The topological polar surface area (TPSA) is 54.5 Å². The van der Waals surface area contributed by atoms with E-state index < -0.39 is 29.4 Å². The van der Waals surface area contributed by atoms with Crippen molar-refractivity contribution in [2.75, 3.05) is 24.6 Å². The van der Waals surface area contributed by atoms with Crippen LogP contribution >= 0.6 is 11.6 Å². The third kappa shape index (κ3) is 5.99. The SMILES string of the molecule is CC(COc1ccc(F)cc1F)NC(=O)C1CCN(c2ncc(C(F)(F)F)cc2Cl)CC1. The number of anilines is 1. The van der Waals surface area contributed by atoms with Crippen molar-refractivity contribution in [3.05, 3.63) is 52.7 Å². The number of nitrogens with one attached hydrogen (secondary N) is 1. The summed E-state index contributed by atoms with van der Waals surface area (Å²) >= 11 is 6.00. The summed E-state index contributed by atoms with van der Waals surface area (Å²) in [6.07, 6.45) is -2.86. The first-order valence-corrected chi connectivity index (χ1v) is 10.3. The van der Waals surface area contributed by atoms with Gasteiger partial charge in [0, 0.05) is 31.3 Å². The zero-order valence-corrected chi connectivity index (χ0v) is 17.8. The maximum atomic E-state index is 13.6. The Kier molecular flexibility index (Phi) is 7.43. The van der Waals surface area contributed by atoms with Gasteiger partial charge in [0.15, 0.2) is 11.6 Å². The molecule has 1 aliphatic heterocycles. The molecule has 5 nitrogen and oxygen atoms in total. The van der Waals surface area contributed by atoms with Crippen LogP contribution in [0.25, 0.3) is 0 Å². The summed E-state index contributed by atoms with van der Waals surface area (Å²) in [5, 5.41) is 2.70. The van der Waals surface area contributed by atoms with E-state index >= 15 is 0 Å². The Morgan fingerprint density at radius 3 is 2.56 bits per heavy atom. The normalized spacial score (nSPS) is 16.0. The van der Waals surface area contributed by atoms with Crippen molar-refractivity contribution < 1.29 is 31.5 Å². The van der Waals surface area contributed by atoms with Gasteiger partial charge in [0.05, 0.1) is 16.6 Å². The number of carbonyl (C=O) groups excluding carboxylic acids is 1. The van der Waals surface area contributed by atoms with Gasteiger partial charge in [-0.2, -0.15) is 13.2 Å². The van der Waals surface area contributed by atoms with E-state index in [2.05, 4.69) is 10.3 Å². The molecule has 3 rings (SSSR count). The van der Waals surface area contributed by atoms with Crippen LogP contribution in [-0.2, 0) is 11.0 Å². The van der Waals surface area contributed by atoms with E-state index in [4.69, 9.17) is 16.3 Å². The second-order valence-corrected chi connectivity index (χ2v) is 7.99. The molecule has 0 bridgehead atoms. The molecule has 2 heterocycles. The number of halogens is 6. The quantitative estimate of drug-likeness (QED) is 0.605. The van der Waals surface area contributed by atoms with Crippen LogP contribution in [0.3, 0.4) is 0 Å². The molecule has 11 heteroatoms. The zero-order valence-electron chi connectivity index (χ0n) is 17.1. The molecule has 1 fully saturated rings. The highest BCUT2D eigenvalue weighted by molar-refractivity contribution is 6.33. The average Bonchev–Trinajstić information content (AvgIpc) is 2.72. The summed E-state index contributed by atoms with van der Waals surface area (Å²) in [6.45, 7) is 2.50. The van der Waals surface area contributed by atoms with Crippen LogP contribution < -0.4 is 15.0 Å². The van der Waals surface area contributed by atoms with Gasteiger partial charge in [0.1, 0.15) is 18.2 Å². The molecule has 0 saturated carbocycles. The fourth-order valence-corrected chi connectivity index (χ4v) is 3.67. The van der Waals surface area contributed by atoms with Crippen LogP contribution in [0.2, 0.25) is 5.02 Å². The lowest BCUT2D eigenvalue weighted by Gasteiger charge is -2.33. The Hall–Kier alpha value is -2.62. The van der Waals surface area contributed by atoms with Crippen LogP contribution in [-0.4, -0.2) is 36.6 Å². The highest BCUT2D eigenvalue weighted by Crippen LogP contribution is 2.34. The van der Waals surface area contributed by atoms with Crippen molar-refractivity contribution >= 4 is 23.3 Å². The van der Waals surface area contributed by atoms with Gasteiger partial charge in [-0.05, 0) is 38.0 Å². The summed E-state index contributed by atoms with van der Waals surface area (Å²) in [4.78, 5) is 18.1. The molecule has 174 valence electrons. The number of carbonyl (C=O) groups is 1. The molecule has 1 unspecified atom stereocenters. The van der Waals surface area contributed by atoms with E-state index in [9.17, 15) is 26.7 Å². The molecule has 0 radical (unpaired) electrons. The van der Waals surface area contributed by atoms with E-state index in [-0.39, 0.29) is 35.0 Å². The number of rotatable bonds is 6. The number of alkyl halides is 3. The van der Waals surface area contributed by atoms with Crippen molar-refractivity contribution in [3.63, 3.8) is 0 Å². The van der Waals surface area contributed by atoms with Gasteiger partial charge in [-0.1, -0.05) is 11.6 Å². The lowest BCUT2D eigenvalue weighted by molar-refractivity contribution is -0.137. The van der Waals surface area contributed by atoms with Gasteiger partial charge in [0.25, 0.3) is 0 Å². The van der Waals surface area contributed by atoms with E-state index in [1.807, 2.05) is 0 Å². The Balaban J connectivity index is 1.49. The molecule has 1 atom stereocenters. The fourth-order valence-electron chi connectivity index (χ4n) is 3.38. The summed E-state index contributed by atoms with van der Waals surface area (Å²) in [6, 6.07) is 3.39. The molecular weight excluding hydrogens is 457 g/mol. The van der Waals surface area contributed by atoms with E-state index in [0.717, 1.165) is 18.3 Å². The molecule has 1 aromatic carbocycles. The second-order valence-electron chi connectivity index (χ2n) is 7.58. The molecule has 1 saturated heterocycles. The minimum absolute atomic E-state index is 0.00177. The Bertz CT molecular complexity index is 965.